The smallest absolute Gasteiger partial charge is 0.338 e. The number of carbonyl (C=O) groups excluding carboxylic acids is 2. The molecule has 0 N–H and O–H groups in total. The molecule has 0 unspecified atom stereocenters. The summed E-state index contributed by atoms with van der Waals surface area (Å²) in [5, 5.41) is 0. The first-order valence-corrected chi connectivity index (χ1v) is 11.5. The first kappa shape index (κ1) is 25.2. The maximum Gasteiger partial charge on any atom is 0.338 e. The van der Waals surface area contributed by atoms with Crippen LogP contribution in [0, 0.1) is 55.4 Å². The molecule has 3 aromatic rings. The second-order valence-electron chi connectivity index (χ2n) is 9.06. The summed E-state index contributed by atoms with van der Waals surface area (Å²) in [6.45, 7) is 16.3. The van der Waals surface area contributed by atoms with Crippen molar-refractivity contribution in [2.45, 2.75) is 55.4 Å². The van der Waals surface area contributed by atoms with Crippen LogP contribution in [0.2, 0.25) is 0 Å². The molecule has 0 aromatic heterocycles. The summed E-state index contributed by atoms with van der Waals surface area (Å²) >= 11 is 0. The monoisotopic (exact) mass is 458 g/mol. The van der Waals surface area contributed by atoms with Gasteiger partial charge < -0.3 is 9.47 Å². The van der Waals surface area contributed by atoms with Crippen molar-refractivity contribution in [3.05, 3.63) is 79.9 Å². The highest BCUT2D eigenvalue weighted by molar-refractivity contribution is 6.02. The fraction of sp³-hybridized carbons (Fsp3) is 0.333. The third-order valence-electron chi connectivity index (χ3n) is 7.62. The molecule has 0 saturated heterocycles. The van der Waals surface area contributed by atoms with E-state index >= 15 is 0 Å². The van der Waals surface area contributed by atoms with E-state index < -0.39 is 0 Å². The molecule has 0 saturated carbocycles. The van der Waals surface area contributed by atoms with Gasteiger partial charge in [-0.15, -0.1) is 0 Å². The molecule has 0 aliphatic carbocycles. The van der Waals surface area contributed by atoms with Gasteiger partial charge in [-0.05, 0) is 122 Å². The molecule has 0 heterocycles. The van der Waals surface area contributed by atoms with Crippen LogP contribution >= 0.6 is 0 Å². The largest absolute Gasteiger partial charge is 0.465 e. The lowest BCUT2D eigenvalue weighted by Crippen LogP contribution is -2.11. The van der Waals surface area contributed by atoms with E-state index in [1.165, 1.54) is 14.2 Å². The molecule has 0 aliphatic rings. The van der Waals surface area contributed by atoms with Gasteiger partial charge in [0.05, 0.1) is 25.3 Å². The Labute approximate surface area is 202 Å². The van der Waals surface area contributed by atoms with E-state index in [2.05, 4.69) is 13.8 Å². The molecule has 3 rings (SSSR count). The normalized spacial score (nSPS) is 10.9. The summed E-state index contributed by atoms with van der Waals surface area (Å²) in [4.78, 5) is 25.5. The number of methoxy groups -OCH3 is 2. The van der Waals surface area contributed by atoms with Gasteiger partial charge in [0.2, 0.25) is 0 Å². The van der Waals surface area contributed by atoms with Gasteiger partial charge >= 0.3 is 11.9 Å². The molecule has 3 aromatic carbocycles. The van der Waals surface area contributed by atoms with E-state index in [-0.39, 0.29) is 11.9 Å². The topological polar surface area (TPSA) is 52.6 Å². The Balaban J connectivity index is 2.30. The Bertz CT molecular complexity index is 1210. The second-order valence-corrected chi connectivity index (χ2v) is 9.06. The van der Waals surface area contributed by atoms with Crippen molar-refractivity contribution in [2.24, 2.45) is 0 Å². The van der Waals surface area contributed by atoms with Gasteiger partial charge in [-0.1, -0.05) is 24.3 Å². The number of benzene rings is 3. The molecule has 0 aliphatic heterocycles. The maximum atomic E-state index is 12.8. The zero-order valence-corrected chi connectivity index (χ0v) is 21.9. The molecule has 34 heavy (non-hydrogen) atoms. The second kappa shape index (κ2) is 9.46. The van der Waals surface area contributed by atoms with Crippen molar-refractivity contribution in [3.63, 3.8) is 0 Å². The number of hydrogen-bond donors (Lipinski definition) is 0. The molecule has 0 spiro atoms. The molecular weight excluding hydrogens is 424 g/mol. The van der Waals surface area contributed by atoms with Crippen molar-refractivity contribution in [1.82, 2.24) is 0 Å². The van der Waals surface area contributed by atoms with Crippen molar-refractivity contribution in [2.75, 3.05) is 14.2 Å². The predicted molar refractivity (Wildman–Crippen MR) is 138 cm³/mol. The van der Waals surface area contributed by atoms with E-state index in [0.717, 1.165) is 66.8 Å². The van der Waals surface area contributed by atoms with Gasteiger partial charge in [0.1, 0.15) is 0 Å². The highest BCUT2D eigenvalue weighted by atomic mass is 16.5. The molecule has 4 heteroatoms. The maximum absolute atomic E-state index is 12.8. The van der Waals surface area contributed by atoms with Crippen molar-refractivity contribution in [3.8, 4) is 22.3 Å². The van der Waals surface area contributed by atoms with Crippen LogP contribution in [0.1, 0.15) is 65.2 Å². The van der Waals surface area contributed by atoms with Gasteiger partial charge in [0.25, 0.3) is 0 Å². The van der Waals surface area contributed by atoms with Crippen LogP contribution in [0.3, 0.4) is 0 Å². The predicted octanol–water partition coefficient (Wildman–Crippen LogP) is 7.06. The number of hydrogen-bond acceptors (Lipinski definition) is 4. The average Bonchev–Trinajstić information content (AvgIpc) is 2.84. The molecule has 0 bridgehead atoms. The van der Waals surface area contributed by atoms with Crippen LogP contribution in [0.5, 0.6) is 0 Å². The summed E-state index contributed by atoms with van der Waals surface area (Å²) in [7, 11) is 2.83. The first-order valence-electron chi connectivity index (χ1n) is 11.5. The third kappa shape index (κ3) is 3.91. The van der Waals surface area contributed by atoms with Crippen molar-refractivity contribution < 1.29 is 19.1 Å². The zero-order valence-electron chi connectivity index (χ0n) is 21.9. The minimum atomic E-state index is -0.337. The van der Waals surface area contributed by atoms with Crippen molar-refractivity contribution >= 4 is 11.9 Å². The van der Waals surface area contributed by atoms with Crippen LogP contribution in [-0.4, -0.2) is 26.2 Å². The van der Waals surface area contributed by atoms with E-state index in [0.29, 0.717) is 11.1 Å². The van der Waals surface area contributed by atoms with Crippen molar-refractivity contribution in [1.29, 1.82) is 0 Å². The Kier molecular flexibility index (Phi) is 7.02. The minimum absolute atomic E-state index is 0.337. The number of esters is 2. The Morgan fingerprint density at radius 1 is 0.471 bits per heavy atom. The molecule has 0 fully saturated rings. The third-order valence-corrected chi connectivity index (χ3v) is 7.62. The number of carbonyl (C=O) groups is 2. The molecule has 0 radical (unpaired) electrons. The highest BCUT2D eigenvalue weighted by Gasteiger charge is 2.24. The molecule has 0 amide bonds. The van der Waals surface area contributed by atoms with Crippen LogP contribution in [0.25, 0.3) is 22.3 Å². The summed E-state index contributed by atoms with van der Waals surface area (Å²) in [5.74, 6) is -0.673. The summed E-state index contributed by atoms with van der Waals surface area (Å²) in [5.41, 5.74) is 13.4. The summed E-state index contributed by atoms with van der Waals surface area (Å²) in [6, 6.07) is 8.07. The Hall–Kier alpha value is -3.40. The van der Waals surface area contributed by atoms with Crippen LogP contribution in [-0.2, 0) is 9.47 Å². The molecular formula is C30H34O4. The van der Waals surface area contributed by atoms with Gasteiger partial charge in [-0.3, -0.25) is 0 Å². The Morgan fingerprint density at radius 3 is 1.00 bits per heavy atom. The van der Waals surface area contributed by atoms with E-state index in [4.69, 9.17) is 9.47 Å². The van der Waals surface area contributed by atoms with E-state index in [1.807, 2.05) is 65.8 Å². The minimum Gasteiger partial charge on any atom is -0.465 e. The lowest BCUT2D eigenvalue weighted by molar-refractivity contribution is 0.0591. The van der Waals surface area contributed by atoms with E-state index in [9.17, 15) is 9.59 Å². The number of ether oxygens (including phenoxy) is 2. The number of rotatable bonds is 4. The summed E-state index contributed by atoms with van der Waals surface area (Å²) < 4.78 is 10.3. The van der Waals surface area contributed by atoms with Crippen LogP contribution in [0.15, 0.2) is 24.3 Å². The Morgan fingerprint density at radius 2 is 0.735 bits per heavy atom. The fourth-order valence-electron chi connectivity index (χ4n) is 4.86. The average molecular weight is 459 g/mol. The standard InChI is InChI=1S/C30H34O4/c1-15-17(3)21(7)27(29(31)33-9)25(19(15)5)23-11-13-24(14-12-23)26-20(6)16(2)18(4)22(8)28(26)30(32)34-10/h11-14H,1-10H3. The lowest BCUT2D eigenvalue weighted by atomic mass is 9.83. The highest BCUT2D eigenvalue weighted by Crippen LogP contribution is 2.38. The quantitative estimate of drug-likeness (QED) is 0.393. The SMILES string of the molecule is COC(=O)c1c(C)c(C)c(C)c(C)c1-c1ccc(-c2c(C)c(C)c(C)c(C)c2C(=O)OC)cc1. The van der Waals surface area contributed by atoms with Gasteiger partial charge in [-0.2, -0.15) is 0 Å². The van der Waals surface area contributed by atoms with Crippen LogP contribution in [0.4, 0.5) is 0 Å². The van der Waals surface area contributed by atoms with E-state index in [1.54, 1.807) is 0 Å². The molecule has 4 nitrogen and oxygen atoms in total. The lowest BCUT2D eigenvalue weighted by Gasteiger charge is -2.21. The van der Waals surface area contributed by atoms with Gasteiger partial charge in [0.15, 0.2) is 0 Å². The van der Waals surface area contributed by atoms with Gasteiger partial charge in [-0.25, -0.2) is 9.59 Å². The molecule has 178 valence electrons. The van der Waals surface area contributed by atoms with Gasteiger partial charge in [0, 0.05) is 0 Å². The van der Waals surface area contributed by atoms with Crippen LogP contribution < -0.4 is 0 Å². The zero-order chi connectivity index (χ0) is 25.5. The molecule has 0 atom stereocenters. The fourth-order valence-corrected chi connectivity index (χ4v) is 4.86. The summed E-state index contributed by atoms with van der Waals surface area (Å²) in [6.07, 6.45) is 0. The first-order chi connectivity index (χ1) is 16.0.